The van der Waals surface area contributed by atoms with Crippen molar-refractivity contribution in [3.05, 3.63) is 42.5 Å². The fourth-order valence-corrected chi connectivity index (χ4v) is 3.26. The van der Waals surface area contributed by atoms with Crippen LogP contribution in [0.5, 0.6) is 0 Å². The van der Waals surface area contributed by atoms with Gasteiger partial charge >= 0.3 is 0 Å². The second-order valence-corrected chi connectivity index (χ2v) is 6.48. The number of aromatic nitrogens is 3. The van der Waals surface area contributed by atoms with E-state index in [-0.39, 0.29) is 5.91 Å². The molecule has 0 spiro atoms. The van der Waals surface area contributed by atoms with Crippen LogP contribution in [-0.4, -0.2) is 31.9 Å². The van der Waals surface area contributed by atoms with Gasteiger partial charge in [0.1, 0.15) is 18.8 Å². The summed E-state index contributed by atoms with van der Waals surface area (Å²) >= 11 is 0. The SMILES string of the molecule is O=C(NCc1ccc(-n2cncn2)cc1)C(O)CC1CCCCC1. The molecule has 1 atom stereocenters. The van der Waals surface area contributed by atoms with E-state index in [4.69, 9.17) is 0 Å². The van der Waals surface area contributed by atoms with Crippen molar-refractivity contribution in [2.24, 2.45) is 5.92 Å². The van der Waals surface area contributed by atoms with Gasteiger partial charge in [0, 0.05) is 6.54 Å². The molecule has 2 aromatic rings. The predicted octanol–water partition coefficient (Wildman–Crippen LogP) is 2.21. The summed E-state index contributed by atoms with van der Waals surface area (Å²) in [6.45, 7) is 0.415. The largest absolute Gasteiger partial charge is 0.383 e. The minimum Gasteiger partial charge on any atom is -0.383 e. The summed E-state index contributed by atoms with van der Waals surface area (Å²) in [5, 5.41) is 17.0. The maximum absolute atomic E-state index is 12.1. The monoisotopic (exact) mass is 328 g/mol. The molecule has 1 heterocycles. The Morgan fingerprint density at radius 2 is 2.00 bits per heavy atom. The van der Waals surface area contributed by atoms with E-state index in [0.717, 1.165) is 24.1 Å². The lowest BCUT2D eigenvalue weighted by molar-refractivity contribution is -0.130. The van der Waals surface area contributed by atoms with E-state index >= 15 is 0 Å². The van der Waals surface area contributed by atoms with Gasteiger partial charge in [-0.25, -0.2) is 9.67 Å². The molecule has 3 rings (SSSR count). The first-order chi connectivity index (χ1) is 11.7. The highest BCUT2D eigenvalue weighted by molar-refractivity contribution is 5.80. The number of amides is 1. The normalized spacial score (nSPS) is 16.7. The number of hydrogen-bond donors (Lipinski definition) is 2. The van der Waals surface area contributed by atoms with Gasteiger partial charge in [-0.1, -0.05) is 44.2 Å². The van der Waals surface area contributed by atoms with E-state index in [9.17, 15) is 9.90 Å². The molecule has 1 aromatic heterocycles. The van der Waals surface area contributed by atoms with Crippen LogP contribution < -0.4 is 5.32 Å². The number of hydrogen-bond acceptors (Lipinski definition) is 4. The molecular formula is C18H24N4O2. The molecule has 0 aliphatic heterocycles. The highest BCUT2D eigenvalue weighted by Gasteiger charge is 2.22. The molecule has 0 bridgehead atoms. The highest BCUT2D eigenvalue weighted by Crippen LogP contribution is 2.27. The van der Waals surface area contributed by atoms with Crippen molar-refractivity contribution in [3.63, 3.8) is 0 Å². The summed E-state index contributed by atoms with van der Waals surface area (Å²) in [6.07, 6.45) is 8.79. The van der Waals surface area contributed by atoms with Crippen molar-refractivity contribution >= 4 is 5.91 Å². The first-order valence-electron chi connectivity index (χ1n) is 8.62. The molecule has 1 amide bonds. The van der Waals surface area contributed by atoms with Gasteiger partial charge in [0.15, 0.2) is 0 Å². The Hall–Kier alpha value is -2.21. The van der Waals surface area contributed by atoms with Crippen LogP contribution in [0.1, 0.15) is 44.1 Å². The zero-order chi connectivity index (χ0) is 16.8. The number of carbonyl (C=O) groups is 1. The predicted molar refractivity (Wildman–Crippen MR) is 90.4 cm³/mol. The highest BCUT2D eigenvalue weighted by atomic mass is 16.3. The summed E-state index contributed by atoms with van der Waals surface area (Å²) in [6, 6.07) is 7.72. The smallest absolute Gasteiger partial charge is 0.249 e. The minimum absolute atomic E-state index is 0.277. The van der Waals surface area contributed by atoms with Crippen LogP contribution in [-0.2, 0) is 11.3 Å². The zero-order valence-electron chi connectivity index (χ0n) is 13.8. The van der Waals surface area contributed by atoms with Crippen LogP contribution >= 0.6 is 0 Å². The summed E-state index contributed by atoms with van der Waals surface area (Å²) in [7, 11) is 0. The van der Waals surface area contributed by atoms with Gasteiger partial charge in [0.25, 0.3) is 0 Å². The number of benzene rings is 1. The lowest BCUT2D eigenvalue weighted by Gasteiger charge is -2.23. The van der Waals surface area contributed by atoms with E-state index in [1.807, 2.05) is 24.3 Å². The Morgan fingerprint density at radius 1 is 1.25 bits per heavy atom. The topological polar surface area (TPSA) is 80.0 Å². The molecule has 24 heavy (non-hydrogen) atoms. The van der Waals surface area contributed by atoms with Crippen LogP contribution in [0.15, 0.2) is 36.9 Å². The number of carbonyl (C=O) groups excluding carboxylic acids is 1. The number of rotatable bonds is 6. The van der Waals surface area contributed by atoms with Crippen molar-refractivity contribution < 1.29 is 9.90 Å². The molecule has 1 aliphatic rings. The van der Waals surface area contributed by atoms with Gasteiger partial charge in [-0.2, -0.15) is 5.10 Å². The molecule has 1 fully saturated rings. The maximum atomic E-state index is 12.1. The summed E-state index contributed by atoms with van der Waals surface area (Å²) in [5.41, 5.74) is 1.90. The Bertz CT molecular complexity index is 634. The molecule has 0 radical (unpaired) electrons. The standard InChI is InChI=1S/C18H24N4O2/c23-17(10-14-4-2-1-3-5-14)18(24)20-11-15-6-8-16(9-7-15)22-13-19-12-21-22/h6-9,12-14,17,23H,1-5,10-11H2,(H,20,24). The average molecular weight is 328 g/mol. The Labute approximate surface area is 141 Å². The van der Waals surface area contributed by atoms with Crippen molar-refractivity contribution in [2.75, 3.05) is 0 Å². The summed E-state index contributed by atoms with van der Waals surface area (Å²) < 4.78 is 1.68. The van der Waals surface area contributed by atoms with Crippen molar-refractivity contribution in [1.29, 1.82) is 0 Å². The molecule has 6 heteroatoms. The van der Waals surface area contributed by atoms with Gasteiger partial charge in [0.05, 0.1) is 5.69 Å². The van der Waals surface area contributed by atoms with Crippen LogP contribution in [0.25, 0.3) is 5.69 Å². The zero-order valence-corrected chi connectivity index (χ0v) is 13.8. The first-order valence-corrected chi connectivity index (χ1v) is 8.62. The van der Waals surface area contributed by atoms with E-state index in [0.29, 0.717) is 18.9 Å². The molecule has 0 saturated heterocycles. The Kier molecular flexibility index (Phi) is 5.59. The third-order valence-electron chi connectivity index (χ3n) is 4.67. The van der Waals surface area contributed by atoms with Crippen LogP contribution in [0, 0.1) is 5.92 Å². The lowest BCUT2D eigenvalue weighted by Crippen LogP contribution is -2.35. The second-order valence-electron chi connectivity index (χ2n) is 6.48. The minimum atomic E-state index is -0.900. The first kappa shape index (κ1) is 16.6. The molecule has 1 aliphatic carbocycles. The van der Waals surface area contributed by atoms with E-state index in [1.54, 1.807) is 11.0 Å². The fraction of sp³-hybridized carbons (Fsp3) is 0.500. The van der Waals surface area contributed by atoms with Crippen molar-refractivity contribution in [1.82, 2.24) is 20.1 Å². The van der Waals surface area contributed by atoms with Crippen molar-refractivity contribution in [3.8, 4) is 5.69 Å². The summed E-state index contributed by atoms with van der Waals surface area (Å²) in [4.78, 5) is 16.0. The number of nitrogens with zero attached hydrogens (tertiary/aromatic N) is 3. The van der Waals surface area contributed by atoms with Gasteiger partial charge in [-0.05, 0) is 30.0 Å². The quantitative estimate of drug-likeness (QED) is 0.852. The van der Waals surface area contributed by atoms with E-state index in [2.05, 4.69) is 15.4 Å². The third kappa shape index (κ3) is 4.41. The molecule has 6 nitrogen and oxygen atoms in total. The second kappa shape index (κ2) is 8.06. The van der Waals surface area contributed by atoms with Crippen LogP contribution in [0.4, 0.5) is 0 Å². The average Bonchev–Trinajstić information content (AvgIpc) is 3.15. The number of aliphatic hydroxyl groups excluding tert-OH is 1. The molecule has 2 N–H and O–H groups in total. The van der Waals surface area contributed by atoms with Gasteiger partial charge in [-0.3, -0.25) is 4.79 Å². The van der Waals surface area contributed by atoms with E-state index < -0.39 is 6.10 Å². The van der Waals surface area contributed by atoms with Crippen LogP contribution in [0.3, 0.4) is 0 Å². The Balaban J connectivity index is 1.46. The van der Waals surface area contributed by atoms with Gasteiger partial charge in [0.2, 0.25) is 5.91 Å². The molecule has 1 unspecified atom stereocenters. The van der Waals surface area contributed by atoms with Gasteiger partial charge in [-0.15, -0.1) is 0 Å². The van der Waals surface area contributed by atoms with E-state index in [1.165, 1.54) is 25.6 Å². The van der Waals surface area contributed by atoms with Crippen LogP contribution in [0.2, 0.25) is 0 Å². The summed E-state index contributed by atoms with van der Waals surface area (Å²) in [5.74, 6) is 0.211. The molecule has 128 valence electrons. The maximum Gasteiger partial charge on any atom is 0.249 e. The van der Waals surface area contributed by atoms with Crippen molar-refractivity contribution in [2.45, 2.75) is 51.2 Å². The third-order valence-corrected chi connectivity index (χ3v) is 4.67. The molecule has 1 saturated carbocycles. The molecule has 1 aromatic carbocycles. The number of nitrogens with one attached hydrogen (secondary N) is 1. The fourth-order valence-electron chi connectivity index (χ4n) is 3.26. The lowest BCUT2D eigenvalue weighted by atomic mass is 9.85. The molecular weight excluding hydrogens is 304 g/mol. The van der Waals surface area contributed by atoms with Gasteiger partial charge < -0.3 is 10.4 Å². The number of aliphatic hydroxyl groups is 1. The Morgan fingerprint density at radius 3 is 2.67 bits per heavy atom.